The second kappa shape index (κ2) is 16.6. The summed E-state index contributed by atoms with van der Waals surface area (Å²) in [4.78, 5) is 11.0. The van der Waals surface area contributed by atoms with Crippen LogP contribution in [-0.4, -0.2) is 23.3 Å². The number of ether oxygens (including phenoxy) is 1. The predicted octanol–water partition coefficient (Wildman–Crippen LogP) is 6.34. The number of carbonyl (C=O) groups excluding carboxylic acids is 1. The SMILES string of the molecule is C=CC(=O)OCCCC(O)(CC)CCCCCCCCCCCCC. The summed E-state index contributed by atoms with van der Waals surface area (Å²) in [5, 5.41) is 10.6. The van der Waals surface area contributed by atoms with Crippen LogP contribution < -0.4 is 0 Å². The van der Waals surface area contributed by atoms with Crippen molar-refractivity contribution in [2.75, 3.05) is 6.61 Å². The van der Waals surface area contributed by atoms with E-state index >= 15 is 0 Å². The maximum absolute atomic E-state index is 11.0. The zero-order valence-corrected chi connectivity index (χ0v) is 16.9. The summed E-state index contributed by atoms with van der Waals surface area (Å²) in [5.41, 5.74) is -0.597. The first kappa shape index (κ1) is 24.2. The summed E-state index contributed by atoms with van der Waals surface area (Å²) in [6.45, 7) is 8.04. The van der Waals surface area contributed by atoms with E-state index in [1.54, 1.807) is 0 Å². The van der Waals surface area contributed by atoms with Crippen LogP contribution in [0.2, 0.25) is 0 Å². The Balaban J connectivity index is 3.55. The summed E-state index contributed by atoms with van der Waals surface area (Å²) in [6, 6.07) is 0. The van der Waals surface area contributed by atoms with E-state index < -0.39 is 5.60 Å². The Kier molecular flexibility index (Phi) is 16.1. The topological polar surface area (TPSA) is 46.5 Å². The highest BCUT2D eigenvalue weighted by atomic mass is 16.5. The van der Waals surface area contributed by atoms with E-state index in [1.807, 2.05) is 6.92 Å². The summed E-state index contributed by atoms with van der Waals surface area (Å²) in [7, 11) is 0. The molecule has 0 aromatic rings. The molecule has 0 aliphatic carbocycles. The number of hydrogen-bond donors (Lipinski definition) is 1. The fraction of sp³-hybridized carbons (Fsp3) is 0.864. The number of rotatable bonds is 18. The number of esters is 1. The van der Waals surface area contributed by atoms with Gasteiger partial charge < -0.3 is 9.84 Å². The fourth-order valence-electron chi connectivity index (χ4n) is 3.23. The summed E-state index contributed by atoms with van der Waals surface area (Å²) in [6.07, 6.45) is 18.8. The van der Waals surface area contributed by atoms with Gasteiger partial charge in [0.15, 0.2) is 0 Å². The lowest BCUT2D eigenvalue weighted by Gasteiger charge is -2.26. The summed E-state index contributed by atoms with van der Waals surface area (Å²) in [5.74, 6) is -0.384. The average Bonchev–Trinajstić information content (AvgIpc) is 2.63. The number of unbranched alkanes of at least 4 members (excludes halogenated alkanes) is 10. The van der Waals surface area contributed by atoms with Gasteiger partial charge in [0.25, 0.3) is 0 Å². The van der Waals surface area contributed by atoms with Gasteiger partial charge in [0.1, 0.15) is 0 Å². The Morgan fingerprint density at radius 3 is 1.84 bits per heavy atom. The van der Waals surface area contributed by atoms with E-state index in [4.69, 9.17) is 4.74 Å². The monoisotopic (exact) mass is 354 g/mol. The third-order valence-electron chi connectivity index (χ3n) is 5.10. The van der Waals surface area contributed by atoms with Crippen molar-refractivity contribution >= 4 is 5.97 Å². The van der Waals surface area contributed by atoms with Crippen molar-refractivity contribution in [3.05, 3.63) is 12.7 Å². The molecule has 0 fully saturated rings. The molecule has 0 amide bonds. The first-order valence-electron chi connectivity index (χ1n) is 10.6. The van der Waals surface area contributed by atoms with Crippen LogP contribution in [0.25, 0.3) is 0 Å². The van der Waals surface area contributed by atoms with E-state index in [1.165, 1.54) is 70.3 Å². The first-order valence-corrected chi connectivity index (χ1v) is 10.6. The molecule has 1 unspecified atom stereocenters. The van der Waals surface area contributed by atoms with Gasteiger partial charge in [-0.25, -0.2) is 4.79 Å². The van der Waals surface area contributed by atoms with E-state index in [2.05, 4.69) is 13.5 Å². The molecular weight excluding hydrogens is 312 g/mol. The number of aliphatic hydroxyl groups is 1. The van der Waals surface area contributed by atoms with Crippen LogP contribution in [0.15, 0.2) is 12.7 Å². The Labute approximate surface area is 156 Å². The number of hydrogen-bond acceptors (Lipinski definition) is 3. The molecule has 0 bridgehead atoms. The van der Waals surface area contributed by atoms with Crippen molar-refractivity contribution in [2.45, 2.75) is 116 Å². The van der Waals surface area contributed by atoms with Gasteiger partial charge >= 0.3 is 5.97 Å². The Morgan fingerprint density at radius 1 is 0.880 bits per heavy atom. The molecule has 0 radical (unpaired) electrons. The van der Waals surface area contributed by atoms with Gasteiger partial charge in [-0.3, -0.25) is 0 Å². The van der Waals surface area contributed by atoms with E-state index in [0.717, 1.165) is 19.3 Å². The van der Waals surface area contributed by atoms with Crippen molar-refractivity contribution in [3.63, 3.8) is 0 Å². The maximum atomic E-state index is 11.0. The van der Waals surface area contributed by atoms with E-state index in [0.29, 0.717) is 19.4 Å². The average molecular weight is 355 g/mol. The molecule has 1 N–H and O–H groups in total. The molecule has 0 saturated heterocycles. The lowest BCUT2D eigenvalue weighted by molar-refractivity contribution is -0.138. The van der Waals surface area contributed by atoms with Gasteiger partial charge in [0, 0.05) is 6.08 Å². The summed E-state index contributed by atoms with van der Waals surface area (Å²) >= 11 is 0. The van der Waals surface area contributed by atoms with Crippen molar-refractivity contribution in [1.82, 2.24) is 0 Å². The Hall–Kier alpha value is -0.830. The normalized spacial score (nSPS) is 13.4. The van der Waals surface area contributed by atoms with Crippen molar-refractivity contribution in [2.24, 2.45) is 0 Å². The largest absolute Gasteiger partial charge is 0.463 e. The minimum absolute atomic E-state index is 0.366. The first-order chi connectivity index (χ1) is 12.1. The van der Waals surface area contributed by atoms with E-state index in [-0.39, 0.29) is 5.97 Å². The van der Waals surface area contributed by atoms with Crippen LogP contribution in [0.5, 0.6) is 0 Å². The summed E-state index contributed by atoms with van der Waals surface area (Å²) < 4.78 is 4.97. The molecule has 0 heterocycles. The lowest BCUT2D eigenvalue weighted by atomic mass is 9.88. The molecule has 0 aromatic heterocycles. The molecule has 3 heteroatoms. The molecule has 0 aromatic carbocycles. The minimum atomic E-state index is -0.597. The third-order valence-corrected chi connectivity index (χ3v) is 5.10. The molecule has 0 aliphatic rings. The molecule has 0 spiro atoms. The maximum Gasteiger partial charge on any atom is 0.330 e. The van der Waals surface area contributed by atoms with Crippen LogP contribution in [0, 0.1) is 0 Å². The Bertz CT molecular complexity index is 327. The fourth-order valence-corrected chi connectivity index (χ4v) is 3.23. The highest BCUT2D eigenvalue weighted by molar-refractivity contribution is 5.81. The smallest absolute Gasteiger partial charge is 0.330 e. The van der Waals surface area contributed by atoms with Crippen molar-refractivity contribution < 1.29 is 14.6 Å². The third kappa shape index (κ3) is 15.2. The van der Waals surface area contributed by atoms with Crippen LogP contribution in [-0.2, 0) is 9.53 Å². The lowest BCUT2D eigenvalue weighted by Crippen LogP contribution is -2.28. The van der Waals surface area contributed by atoms with Gasteiger partial charge in [-0.1, -0.05) is 91.1 Å². The molecule has 3 nitrogen and oxygen atoms in total. The van der Waals surface area contributed by atoms with Crippen LogP contribution in [0.1, 0.15) is 110 Å². The van der Waals surface area contributed by atoms with Crippen LogP contribution in [0.3, 0.4) is 0 Å². The molecule has 25 heavy (non-hydrogen) atoms. The van der Waals surface area contributed by atoms with Crippen molar-refractivity contribution in [1.29, 1.82) is 0 Å². The molecular formula is C22H42O3. The zero-order valence-electron chi connectivity index (χ0n) is 16.9. The van der Waals surface area contributed by atoms with Crippen LogP contribution >= 0.6 is 0 Å². The van der Waals surface area contributed by atoms with Crippen molar-refractivity contribution in [3.8, 4) is 0 Å². The highest BCUT2D eigenvalue weighted by Crippen LogP contribution is 2.25. The molecule has 1 atom stereocenters. The molecule has 0 saturated carbocycles. The Morgan fingerprint density at radius 2 is 1.36 bits per heavy atom. The minimum Gasteiger partial charge on any atom is -0.463 e. The van der Waals surface area contributed by atoms with Crippen LogP contribution in [0.4, 0.5) is 0 Å². The quantitative estimate of drug-likeness (QED) is 0.177. The van der Waals surface area contributed by atoms with Gasteiger partial charge in [-0.05, 0) is 25.7 Å². The van der Waals surface area contributed by atoms with Gasteiger partial charge in [0.05, 0.1) is 12.2 Å². The zero-order chi connectivity index (χ0) is 18.8. The molecule has 0 rings (SSSR count). The van der Waals surface area contributed by atoms with Gasteiger partial charge in [0.2, 0.25) is 0 Å². The number of carbonyl (C=O) groups is 1. The van der Waals surface area contributed by atoms with Gasteiger partial charge in [-0.2, -0.15) is 0 Å². The standard InChI is InChI=1S/C22H42O3/c1-4-7-8-9-10-11-12-13-14-15-16-18-22(24,6-3)19-17-20-25-21(23)5-2/h5,24H,2,4,6-20H2,1,3H3. The molecule has 0 aliphatic heterocycles. The highest BCUT2D eigenvalue weighted by Gasteiger charge is 2.23. The second-order valence-electron chi connectivity index (χ2n) is 7.34. The second-order valence-corrected chi connectivity index (χ2v) is 7.34. The molecule has 148 valence electrons. The predicted molar refractivity (Wildman–Crippen MR) is 107 cm³/mol. The van der Waals surface area contributed by atoms with Gasteiger partial charge in [-0.15, -0.1) is 0 Å². The van der Waals surface area contributed by atoms with E-state index in [9.17, 15) is 9.90 Å².